The van der Waals surface area contributed by atoms with Crippen LogP contribution in [0.5, 0.6) is 0 Å². The summed E-state index contributed by atoms with van der Waals surface area (Å²) in [5.74, 6) is -0.822. The second kappa shape index (κ2) is 6.95. The number of anilines is 1. The third kappa shape index (κ3) is 2.94. The van der Waals surface area contributed by atoms with E-state index >= 15 is 0 Å². The van der Waals surface area contributed by atoms with Crippen LogP contribution < -0.4 is 10.6 Å². The molecule has 1 fully saturated rings. The van der Waals surface area contributed by atoms with Crippen molar-refractivity contribution in [2.75, 3.05) is 11.9 Å². The van der Waals surface area contributed by atoms with Crippen molar-refractivity contribution < 1.29 is 14.4 Å². The number of carbonyl (C=O) groups excluding carboxylic acids is 3. The van der Waals surface area contributed by atoms with E-state index in [9.17, 15) is 14.4 Å². The number of rotatable bonds is 3. The lowest BCUT2D eigenvalue weighted by atomic mass is 9.76. The van der Waals surface area contributed by atoms with Crippen LogP contribution in [0.25, 0.3) is 0 Å². The second-order valence-electron chi connectivity index (χ2n) is 7.20. The Morgan fingerprint density at radius 1 is 1.21 bits per heavy atom. The molecule has 0 radical (unpaired) electrons. The highest BCUT2D eigenvalue weighted by atomic mass is 35.5. The van der Waals surface area contributed by atoms with Gasteiger partial charge >= 0.3 is 6.03 Å². The summed E-state index contributed by atoms with van der Waals surface area (Å²) in [6, 6.07) is 12.3. The summed E-state index contributed by atoms with van der Waals surface area (Å²) in [7, 11) is 0. The Kier molecular flexibility index (Phi) is 4.59. The maximum absolute atomic E-state index is 13.2. The van der Waals surface area contributed by atoms with Crippen LogP contribution in [0.15, 0.2) is 42.5 Å². The van der Waals surface area contributed by atoms with E-state index in [1.807, 2.05) is 24.3 Å². The van der Waals surface area contributed by atoms with Gasteiger partial charge in [0.25, 0.3) is 5.91 Å². The van der Waals surface area contributed by atoms with Crippen LogP contribution >= 0.6 is 11.6 Å². The first-order valence-electron chi connectivity index (χ1n) is 9.20. The summed E-state index contributed by atoms with van der Waals surface area (Å²) < 4.78 is 0. The highest BCUT2D eigenvalue weighted by Gasteiger charge is 2.54. The summed E-state index contributed by atoms with van der Waals surface area (Å²) in [4.78, 5) is 39.3. The number of hydrogen-bond acceptors (Lipinski definition) is 3. The summed E-state index contributed by atoms with van der Waals surface area (Å²) in [6.07, 6.45) is 2.19. The van der Waals surface area contributed by atoms with Crippen molar-refractivity contribution in [2.45, 2.75) is 31.7 Å². The maximum atomic E-state index is 13.2. The van der Waals surface area contributed by atoms with Crippen LogP contribution in [0.2, 0.25) is 5.02 Å². The van der Waals surface area contributed by atoms with Crippen LogP contribution in [0.3, 0.4) is 0 Å². The average molecular weight is 398 g/mol. The molecule has 28 heavy (non-hydrogen) atoms. The van der Waals surface area contributed by atoms with Gasteiger partial charge in [-0.15, -0.1) is 0 Å². The molecule has 1 aliphatic heterocycles. The molecule has 1 spiro atoms. The third-order valence-corrected chi connectivity index (χ3v) is 5.90. The van der Waals surface area contributed by atoms with Crippen molar-refractivity contribution in [3.63, 3.8) is 0 Å². The minimum absolute atomic E-state index is 0.347. The molecule has 1 saturated heterocycles. The van der Waals surface area contributed by atoms with Crippen molar-refractivity contribution >= 4 is 35.1 Å². The molecule has 2 N–H and O–H groups in total. The molecule has 1 aliphatic carbocycles. The first-order valence-corrected chi connectivity index (χ1v) is 9.57. The zero-order valence-corrected chi connectivity index (χ0v) is 16.2. The fraction of sp³-hybridized carbons (Fsp3) is 0.286. The number of amides is 4. The molecule has 0 aromatic heterocycles. The fourth-order valence-electron chi connectivity index (χ4n) is 4.03. The minimum atomic E-state index is -1.07. The number of fused-ring (bicyclic) bond motifs is 2. The Labute approximate surface area is 167 Å². The van der Waals surface area contributed by atoms with Gasteiger partial charge < -0.3 is 10.6 Å². The topological polar surface area (TPSA) is 78.5 Å². The molecule has 1 atom stereocenters. The smallest absolute Gasteiger partial charge is 0.324 e. The fourth-order valence-corrected chi connectivity index (χ4v) is 4.21. The van der Waals surface area contributed by atoms with Gasteiger partial charge in [0.1, 0.15) is 12.1 Å². The van der Waals surface area contributed by atoms with Crippen molar-refractivity contribution in [3.8, 4) is 0 Å². The molecular formula is C21H20ClN3O3. The second-order valence-corrected chi connectivity index (χ2v) is 7.61. The van der Waals surface area contributed by atoms with Gasteiger partial charge in [0.05, 0.1) is 0 Å². The summed E-state index contributed by atoms with van der Waals surface area (Å²) in [5.41, 5.74) is 2.10. The summed E-state index contributed by atoms with van der Waals surface area (Å²) in [5, 5.41) is 6.12. The first-order chi connectivity index (χ1) is 13.4. The average Bonchev–Trinajstić information content (AvgIpc) is 2.91. The molecular weight excluding hydrogens is 378 g/mol. The normalized spacial score (nSPS) is 20.9. The zero-order chi connectivity index (χ0) is 19.9. The Morgan fingerprint density at radius 2 is 2.00 bits per heavy atom. The van der Waals surface area contributed by atoms with Crippen molar-refractivity contribution in [1.29, 1.82) is 0 Å². The van der Waals surface area contributed by atoms with Crippen LogP contribution in [-0.2, 0) is 21.5 Å². The largest absolute Gasteiger partial charge is 0.325 e. The number of halogens is 1. The van der Waals surface area contributed by atoms with Crippen LogP contribution in [0, 0.1) is 6.92 Å². The van der Waals surface area contributed by atoms with Gasteiger partial charge in [-0.2, -0.15) is 0 Å². The van der Waals surface area contributed by atoms with Crippen LogP contribution in [0.4, 0.5) is 10.5 Å². The van der Waals surface area contributed by atoms with Crippen molar-refractivity contribution in [1.82, 2.24) is 10.2 Å². The van der Waals surface area contributed by atoms with Crippen molar-refractivity contribution in [2.24, 2.45) is 0 Å². The minimum Gasteiger partial charge on any atom is -0.324 e. The molecule has 2 aromatic carbocycles. The number of urea groups is 1. The highest BCUT2D eigenvalue weighted by molar-refractivity contribution is 6.31. The molecule has 2 aliphatic rings. The Bertz CT molecular complexity index is 991. The molecule has 7 heteroatoms. The number of aryl methyl sites for hydroxylation is 1. The van der Waals surface area contributed by atoms with E-state index in [0.29, 0.717) is 17.1 Å². The Balaban J connectivity index is 1.56. The summed E-state index contributed by atoms with van der Waals surface area (Å²) >= 11 is 6.08. The molecule has 4 rings (SSSR count). The van der Waals surface area contributed by atoms with Gasteiger partial charge in [-0.3, -0.25) is 14.5 Å². The standard InChI is InChI=1S/C21H20ClN3O3/c1-13-16(22)9-4-10-17(13)23-18(26)12-25-19(27)21(24-20(25)28)11-5-7-14-6-2-3-8-15(14)21/h2-4,6,8-10H,5,7,11-12H2,1H3,(H,23,26)(H,24,28)/t21-/m0/s1. The van der Waals surface area contributed by atoms with Gasteiger partial charge in [0.15, 0.2) is 0 Å². The van der Waals surface area contributed by atoms with E-state index in [1.54, 1.807) is 25.1 Å². The predicted molar refractivity (Wildman–Crippen MR) is 106 cm³/mol. The molecule has 6 nitrogen and oxygen atoms in total. The molecule has 4 amide bonds. The lowest BCUT2D eigenvalue weighted by Crippen LogP contribution is -2.47. The lowest BCUT2D eigenvalue weighted by Gasteiger charge is -2.33. The molecule has 0 bridgehead atoms. The monoisotopic (exact) mass is 397 g/mol. The van der Waals surface area contributed by atoms with Crippen LogP contribution in [-0.4, -0.2) is 29.3 Å². The first kappa shape index (κ1) is 18.5. The molecule has 144 valence electrons. The quantitative estimate of drug-likeness (QED) is 0.779. The van der Waals surface area contributed by atoms with E-state index in [1.165, 1.54) is 0 Å². The highest BCUT2D eigenvalue weighted by Crippen LogP contribution is 2.39. The SMILES string of the molecule is Cc1c(Cl)cccc1NC(=O)CN1C(=O)N[C@]2(CCCc3ccccc32)C1=O. The number of hydrogen-bond donors (Lipinski definition) is 2. The maximum Gasteiger partial charge on any atom is 0.325 e. The van der Waals surface area contributed by atoms with Gasteiger partial charge in [-0.05, 0) is 55.0 Å². The Hall–Kier alpha value is -2.86. The van der Waals surface area contributed by atoms with E-state index in [-0.39, 0.29) is 12.5 Å². The lowest BCUT2D eigenvalue weighted by molar-refractivity contribution is -0.134. The number of nitrogens with one attached hydrogen (secondary N) is 2. The molecule has 0 unspecified atom stereocenters. The van der Waals surface area contributed by atoms with Gasteiger partial charge in [0, 0.05) is 10.7 Å². The molecule has 0 saturated carbocycles. The molecule has 2 aromatic rings. The van der Waals surface area contributed by atoms with Crippen molar-refractivity contribution in [3.05, 3.63) is 64.2 Å². The van der Waals surface area contributed by atoms with E-state index in [0.717, 1.165) is 34.4 Å². The number of carbonyl (C=O) groups is 3. The Morgan fingerprint density at radius 3 is 2.82 bits per heavy atom. The van der Waals surface area contributed by atoms with Crippen LogP contribution in [0.1, 0.15) is 29.5 Å². The van der Waals surface area contributed by atoms with Gasteiger partial charge in [-0.25, -0.2) is 4.79 Å². The van der Waals surface area contributed by atoms with Gasteiger partial charge in [0.2, 0.25) is 5.91 Å². The van der Waals surface area contributed by atoms with E-state index in [2.05, 4.69) is 10.6 Å². The predicted octanol–water partition coefficient (Wildman–Crippen LogP) is 3.37. The van der Waals surface area contributed by atoms with E-state index < -0.39 is 17.5 Å². The number of benzene rings is 2. The number of nitrogens with zero attached hydrogens (tertiary/aromatic N) is 1. The van der Waals surface area contributed by atoms with Gasteiger partial charge in [-0.1, -0.05) is 41.9 Å². The zero-order valence-electron chi connectivity index (χ0n) is 15.4. The third-order valence-electron chi connectivity index (χ3n) is 5.49. The molecule has 1 heterocycles. The number of imide groups is 1. The van der Waals surface area contributed by atoms with E-state index in [4.69, 9.17) is 11.6 Å². The summed E-state index contributed by atoms with van der Waals surface area (Å²) in [6.45, 7) is 1.44.